The minimum atomic E-state index is 0.0305. The van der Waals surface area contributed by atoms with Gasteiger partial charge in [0.25, 0.3) is 0 Å². The zero-order chi connectivity index (χ0) is 14.6. The molecule has 2 nitrogen and oxygen atoms in total. The number of para-hydroxylation sites is 1. The number of fused-ring (bicyclic) bond motifs is 4. The molecule has 0 amide bonds. The summed E-state index contributed by atoms with van der Waals surface area (Å²) in [4.78, 5) is 17.3. The van der Waals surface area contributed by atoms with Crippen molar-refractivity contribution in [2.75, 3.05) is 0 Å². The van der Waals surface area contributed by atoms with E-state index in [1.807, 2.05) is 49.4 Å². The fourth-order valence-electron chi connectivity index (χ4n) is 2.69. The highest BCUT2D eigenvalue weighted by molar-refractivity contribution is 7.25. The maximum atomic E-state index is 12.9. The smallest absolute Gasteiger partial charge is 0.196 e. The average Bonchev–Trinajstić information content (AvgIpc) is 2.49. The molecule has 0 atom stereocenters. The Balaban J connectivity index is 2.40. The number of halogens is 1. The molecule has 0 N–H and O–H groups in total. The van der Waals surface area contributed by atoms with Crippen LogP contribution in [0, 0.1) is 6.92 Å². The van der Waals surface area contributed by atoms with Crippen molar-refractivity contribution in [3.8, 4) is 0 Å². The van der Waals surface area contributed by atoms with Crippen LogP contribution in [0.15, 0.2) is 47.3 Å². The molecule has 0 bridgehead atoms. The third-order valence-corrected chi connectivity index (χ3v) is 5.43. The van der Waals surface area contributed by atoms with Crippen LogP contribution in [-0.2, 0) is 0 Å². The monoisotopic (exact) mass is 311 g/mol. The van der Waals surface area contributed by atoms with E-state index in [0.717, 1.165) is 31.3 Å². The van der Waals surface area contributed by atoms with Crippen molar-refractivity contribution in [1.82, 2.24) is 4.98 Å². The number of benzene rings is 2. The molecular formula is C17H10ClNOS. The summed E-state index contributed by atoms with van der Waals surface area (Å²) < 4.78 is 1.75. The first-order valence-corrected chi connectivity index (χ1v) is 7.76. The van der Waals surface area contributed by atoms with Gasteiger partial charge >= 0.3 is 0 Å². The standard InChI is InChI=1S/C17H10ClNOS/c1-9-5-4-7-11-14(20)13-10-6-2-3-8-12(10)19-17(18)16(13)21-15(9)11/h2-8H,1H3. The Hall–Kier alpha value is -1.97. The van der Waals surface area contributed by atoms with Crippen LogP contribution in [0.3, 0.4) is 0 Å². The van der Waals surface area contributed by atoms with Crippen LogP contribution in [-0.4, -0.2) is 4.98 Å². The molecule has 0 radical (unpaired) electrons. The van der Waals surface area contributed by atoms with Crippen molar-refractivity contribution >= 4 is 54.0 Å². The molecule has 0 unspecified atom stereocenters. The number of nitrogens with zero attached hydrogens (tertiary/aromatic N) is 1. The van der Waals surface area contributed by atoms with Gasteiger partial charge < -0.3 is 0 Å². The Morgan fingerprint density at radius 3 is 2.62 bits per heavy atom. The summed E-state index contributed by atoms with van der Waals surface area (Å²) in [5.74, 6) is 0. The summed E-state index contributed by atoms with van der Waals surface area (Å²) in [6, 6.07) is 13.4. The SMILES string of the molecule is Cc1cccc2c(=O)c3c(sc12)c(Cl)nc1ccccc13. The number of hydrogen-bond acceptors (Lipinski definition) is 3. The van der Waals surface area contributed by atoms with E-state index in [4.69, 9.17) is 11.6 Å². The maximum Gasteiger partial charge on any atom is 0.196 e. The van der Waals surface area contributed by atoms with Crippen molar-refractivity contribution in [3.05, 3.63) is 63.4 Å². The van der Waals surface area contributed by atoms with Gasteiger partial charge in [-0.15, -0.1) is 11.3 Å². The Kier molecular flexibility index (Phi) is 2.74. The van der Waals surface area contributed by atoms with Gasteiger partial charge in [-0.1, -0.05) is 41.9 Å². The molecule has 102 valence electrons. The summed E-state index contributed by atoms with van der Waals surface area (Å²) in [5, 5.41) is 2.69. The summed E-state index contributed by atoms with van der Waals surface area (Å²) in [6.45, 7) is 2.01. The molecular weight excluding hydrogens is 302 g/mol. The first kappa shape index (κ1) is 12.7. The third kappa shape index (κ3) is 1.78. The van der Waals surface area contributed by atoms with Gasteiger partial charge in [-0.25, -0.2) is 4.98 Å². The molecule has 4 rings (SSSR count). The predicted octanol–water partition coefficient (Wildman–Crippen LogP) is 4.92. The molecule has 21 heavy (non-hydrogen) atoms. The van der Waals surface area contributed by atoms with E-state index in [-0.39, 0.29) is 5.43 Å². The summed E-state index contributed by atoms with van der Waals surface area (Å²) in [7, 11) is 0. The van der Waals surface area contributed by atoms with Gasteiger partial charge in [0.1, 0.15) is 5.15 Å². The van der Waals surface area contributed by atoms with Crippen LogP contribution in [0.1, 0.15) is 5.56 Å². The van der Waals surface area contributed by atoms with Crippen LogP contribution in [0.25, 0.3) is 31.1 Å². The van der Waals surface area contributed by atoms with Crippen molar-refractivity contribution in [2.24, 2.45) is 0 Å². The number of rotatable bonds is 0. The highest BCUT2D eigenvalue weighted by Gasteiger charge is 2.14. The molecule has 0 fully saturated rings. The van der Waals surface area contributed by atoms with Crippen molar-refractivity contribution in [1.29, 1.82) is 0 Å². The zero-order valence-electron chi connectivity index (χ0n) is 11.2. The molecule has 0 saturated heterocycles. The molecule has 4 heteroatoms. The minimum Gasteiger partial charge on any atom is -0.288 e. The Morgan fingerprint density at radius 1 is 1.00 bits per heavy atom. The lowest BCUT2D eigenvalue weighted by Crippen LogP contribution is -2.03. The van der Waals surface area contributed by atoms with Gasteiger partial charge in [-0.3, -0.25) is 4.79 Å². The van der Waals surface area contributed by atoms with Crippen LogP contribution in [0.5, 0.6) is 0 Å². The third-order valence-electron chi connectivity index (χ3n) is 3.69. The highest BCUT2D eigenvalue weighted by Crippen LogP contribution is 2.34. The highest BCUT2D eigenvalue weighted by atomic mass is 35.5. The Bertz CT molecular complexity index is 1080. The van der Waals surface area contributed by atoms with Gasteiger partial charge in [0, 0.05) is 15.5 Å². The summed E-state index contributed by atoms with van der Waals surface area (Å²) >= 11 is 7.86. The lowest BCUT2D eigenvalue weighted by atomic mass is 10.1. The van der Waals surface area contributed by atoms with E-state index >= 15 is 0 Å². The Morgan fingerprint density at radius 2 is 1.76 bits per heavy atom. The van der Waals surface area contributed by atoms with Crippen molar-refractivity contribution in [3.63, 3.8) is 0 Å². The Labute approximate surface area is 129 Å². The van der Waals surface area contributed by atoms with E-state index in [1.54, 1.807) is 0 Å². The fraction of sp³-hybridized carbons (Fsp3) is 0.0588. The lowest BCUT2D eigenvalue weighted by molar-refractivity contribution is 1.45. The van der Waals surface area contributed by atoms with Gasteiger partial charge in [0.05, 0.1) is 15.6 Å². The largest absolute Gasteiger partial charge is 0.288 e. The quantitative estimate of drug-likeness (QED) is 0.262. The first-order valence-electron chi connectivity index (χ1n) is 6.57. The summed E-state index contributed by atoms with van der Waals surface area (Å²) in [6.07, 6.45) is 0. The summed E-state index contributed by atoms with van der Waals surface area (Å²) in [5.41, 5.74) is 1.87. The van der Waals surface area contributed by atoms with Gasteiger partial charge in [-0.2, -0.15) is 0 Å². The van der Waals surface area contributed by atoms with Crippen LogP contribution in [0.2, 0.25) is 5.15 Å². The molecule has 2 aromatic carbocycles. The predicted molar refractivity (Wildman–Crippen MR) is 90.6 cm³/mol. The molecule has 0 aliphatic carbocycles. The second-order valence-electron chi connectivity index (χ2n) is 5.01. The molecule has 0 saturated carbocycles. The number of aryl methyl sites for hydroxylation is 1. The lowest BCUT2D eigenvalue weighted by Gasteiger charge is -2.07. The molecule has 2 aromatic heterocycles. The molecule has 2 heterocycles. The molecule has 0 aliphatic rings. The number of hydrogen-bond donors (Lipinski definition) is 0. The second-order valence-corrected chi connectivity index (χ2v) is 6.39. The zero-order valence-corrected chi connectivity index (χ0v) is 12.8. The van der Waals surface area contributed by atoms with E-state index in [9.17, 15) is 4.79 Å². The maximum absolute atomic E-state index is 12.9. The van der Waals surface area contributed by atoms with E-state index in [0.29, 0.717) is 10.5 Å². The topological polar surface area (TPSA) is 30.0 Å². The van der Waals surface area contributed by atoms with E-state index in [2.05, 4.69) is 4.98 Å². The second kappa shape index (κ2) is 4.52. The van der Waals surface area contributed by atoms with Crippen molar-refractivity contribution in [2.45, 2.75) is 6.92 Å². The molecule has 4 aromatic rings. The van der Waals surface area contributed by atoms with Crippen LogP contribution in [0.4, 0.5) is 0 Å². The number of pyridine rings is 1. The van der Waals surface area contributed by atoms with Gasteiger partial charge in [0.2, 0.25) is 0 Å². The normalized spacial score (nSPS) is 11.5. The molecule has 0 spiro atoms. The number of aromatic nitrogens is 1. The van der Waals surface area contributed by atoms with Gasteiger partial charge in [0.15, 0.2) is 5.43 Å². The van der Waals surface area contributed by atoms with E-state index < -0.39 is 0 Å². The van der Waals surface area contributed by atoms with Gasteiger partial charge in [-0.05, 0) is 24.6 Å². The first-order chi connectivity index (χ1) is 10.2. The van der Waals surface area contributed by atoms with E-state index in [1.165, 1.54) is 11.3 Å². The molecule has 0 aliphatic heterocycles. The van der Waals surface area contributed by atoms with Crippen LogP contribution >= 0.6 is 22.9 Å². The van der Waals surface area contributed by atoms with Crippen molar-refractivity contribution < 1.29 is 0 Å². The fourth-order valence-corrected chi connectivity index (χ4v) is 4.13. The average molecular weight is 312 g/mol. The van der Waals surface area contributed by atoms with Crippen LogP contribution < -0.4 is 5.43 Å². The minimum absolute atomic E-state index is 0.0305.